The van der Waals surface area contributed by atoms with Crippen molar-refractivity contribution < 1.29 is 90.5 Å². The van der Waals surface area contributed by atoms with Crippen LogP contribution in [0.4, 0.5) is 0 Å². The molecule has 10 atom stereocenters. The van der Waals surface area contributed by atoms with Crippen LogP contribution in [-0.4, -0.2) is 122 Å². The number of ether oxygens (including phenoxy) is 11. The molecule has 286 valence electrons. The molecular formula is C33H40O19. The topological polar surface area (TPSA) is 238 Å². The number of hydrogen-bond donors (Lipinski definition) is 0. The first-order chi connectivity index (χ1) is 24.5. The smallest absolute Gasteiger partial charge is 0.338 e. The van der Waals surface area contributed by atoms with Crippen molar-refractivity contribution in [1.82, 2.24) is 0 Å². The highest BCUT2D eigenvalue weighted by molar-refractivity contribution is 5.89. The lowest BCUT2D eigenvalue weighted by Gasteiger charge is -2.48. The molecule has 2 heterocycles. The Kier molecular flexibility index (Phi) is 15.0. The van der Waals surface area contributed by atoms with Crippen LogP contribution in [0.1, 0.15) is 58.8 Å². The van der Waals surface area contributed by atoms with Gasteiger partial charge in [-0.2, -0.15) is 0 Å². The largest absolute Gasteiger partial charge is 0.463 e. The Hall–Kier alpha value is -5.14. The van der Waals surface area contributed by atoms with E-state index in [9.17, 15) is 38.4 Å². The fourth-order valence-electron chi connectivity index (χ4n) is 5.30. The van der Waals surface area contributed by atoms with Crippen molar-refractivity contribution in [3.63, 3.8) is 0 Å². The lowest BCUT2D eigenvalue weighted by atomic mass is 9.96. The minimum Gasteiger partial charge on any atom is -0.463 e. The van der Waals surface area contributed by atoms with Crippen molar-refractivity contribution in [3.8, 4) is 0 Å². The number of carbonyl (C=O) groups excluding carboxylic acids is 8. The fourth-order valence-corrected chi connectivity index (χ4v) is 5.30. The molecule has 2 fully saturated rings. The maximum absolute atomic E-state index is 13.4. The van der Waals surface area contributed by atoms with E-state index in [0.29, 0.717) is 0 Å². The van der Waals surface area contributed by atoms with Gasteiger partial charge in [0.05, 0.1) is 5.56 Å². The van der Waals surface area contributed by atoms with Gasteiger partial charge in [-0.1, -0.05) is 18.2 Å². The van der Waals surface area contributed by atoms with Crippen molar-refractivity contribution in [3.05, 3.63) is 35.9 Å². The minimum atomic E-state index is -1.90. The summed E-state index contributed by atoms with van der Waals surface area (Å²) < 4.78 is 61.5. The second kappa shape index (κ2) is 18.9. The molecule has 0 aliphatic carbocycles. The summed E-state index contributed by atoms with van der Waals surface area (Å²) in [4.78, 5) is 98.8. The average molecular weight is 741 g/mol. The summed E-state index contributed by atoms with van der Waals surface area (Å²) in [5.41, 5.74) is 0.0289. The van der Waals surface area contributed by atoms with Crippen LogP contribution in [-0.2, 0) is 85.7 Å². The van der Waals surface area contributed by atoms with E-state index in [2.05, 4.69) is 0 Å². The van der Waals surface area contributed by atoms with E-state index < -0.39 is 122 Å². The third kappa shape index (κ3) is 12.0. The lowest BCUT2D eigenvalue weighted by Crippen LogP contribution is -2.67. The predicted octanol–water partition coefficient (Wildman–Crippen LogP) is 0.463. The van der Waals surface area contributed by atoms with Crippen molar-refractivity contribution in [2.24, 2.45) is 0 Å². The van der Waals surface area contributed by atoms with E-state index in [1.54, 1.807) is 18.2 Å². The molecule has 3 rings (SSSR count). The maximum atomic E-state index is 13.4. The Bertz CT molecular complexity index is 1480. The molecule has 1 aromatic rings. The Labute approximate surface area is 297 Å². The van der Waals surface area contributed by atoms with Crippen LogP contribution in [0.3, 0.4) is 0 Å². The highest BCUT2D eigenvalue weighted by atomic mass is 16.8. The normalized spacial score (nSPS) is 28.2. The van der Waals surface area contributed by atoms with Crippen LogP contribution in [0, 0.1) is 0 Å². The Balaban J connectivity index is 2.23. The molecule has 1 aromatic carbocycles. The van der Waals surface area contributed by atoms with E-state index >= 15 is 0 Å². The standard InChI is InChI=1S/C33H40O19/c1-15(34)42-13-23-25(44-17(3)36)27(46-19(5)38)29(47-20(6)39)33(50-23)52-28-26(45-18(4)37)24(14-43-16(2)35)49-32(48-21(7)40)30(28)51-31(41)22-11-9-8-10-12-22/h8-12,23-30,32-33H,13-14H2,1-7H3/t23-,24-,25+,26+,27+,28+,29-,30-,32+,33+/m1/s1. The molecule has 0 N–H and O–H groups in total. The molecule has 19 heteroatoms. The Morgan fingerprint density at radius 1 is 0.462 bits per heavy atom. The van der Waals surface area contributed by atoms with E-state index in [1.807, 2.05) is 0 Å². The van der Waals surface area contributed by atoms with Gasteiger partial charge in [0.25, 0.3) is 0 Å². The molecule has 0 unspecified atom stereocenters. The van der Waals surface area contributed by atoms with Crippen LogP contribution in [0.15, 0.2) is 30.3 Å². The molecule has 0 aromatic heterocycles. The third-order valence-corrected chi connectivity index (χ3v) is 7.12. The van der Waals surface area contributed by atoms with Gasteiger partial charge in [0.2, 0.25) is 6.29 Å². The molecule has 52 heavy (non-hydrogen) atoms. The summed E-state index contributed by atoms with van der Waals surface area (Å²) in [5.74, 6) is -7.15. The zero-order valence-corrected chi connectivity index (χ0v) is 29.3. The van der Waals surface area contributed by atoms with E-state index in [-0.39, 0.29) is 5.56 Å². The first-order valence-electron chi connectivity index (χ1n) is 15.8. The Morgan fingerprint density at radius 3 is 1.33 bits per heavy atom. The van der Waals surface area contributed by atoms with Crippen molar-refractivity contribution in [2.75, 3.05) is 13.2 Å². The number of esters is 8. The summed E-state index contributed by atoms with van der Waals surface area (Å²) in [6.45, 7) is 6.04. The monoisotopic (exact) mass is 740 g/mol. The SMILES string of the molecule is CC(=O)OC[C@H]1O[C@@H](O[C@H]2[C@@H](OC(C)=O)[C@@H](COC(C)=O)O[C@H](OC(C)=O)[C@@H]2OC(=O)c2ccccc2)[C@H](OC(C)=O)[C@@H](OC(C)=O)[C@H]1OC(C)=O. The van der Waals surface area contributed by atoms with Gasteiger partial charge in [-0.25, -0.2) is 4.79 Å². The van der Waals surface area contributed by atoms with Gasteiger partial charge in [-0.3, -0.25) is 33.6 Å². The zero-order valence-electron chi connectivity index (χ0n) is 29.3. The van der Waals surface area contributed by atoms with Crippen LogP contribution >= 0.6 is 0 Å². The lowest BCUT2D eigenvalue weighted by molar-refractivity contribution is -0.357. The second-order valence-electron chi connectivity index (χ2n) is 11.4. The predicted molar refractivity (Wildman–Crippen MR) is 165 cm³/mol. The van der Waals surface area contributed by atoms with Crippen molar-refractivity contribution in [2.45, 2.75) is 110 Å². The van der Waals surface area contributed by atoms with Gasteiger partial charge < -0.3 is 52.1 Å². The third-order valence-electron chi connectivity index (χ3n) is 7.12. The summed E-state index contributed by atoms with van der Waals surface area (Å²) in [5, 5.41) is 0. The number of carbonyl (C=O) groups is 8. The molecule has 2 aliphatic rings. The Morgan fingerprint density at radius 2 is 0.865 bits per heavy atom. The molecule has 0 spiro atoms. The summed E-state index contributed by atoms with van der Waals surface area (Å²) >= 11 is 0. The molecule has 19 nitrogen and oxygen atoms in total. The van der Waals surface area contributed by atoms with Gasteiger partial charge >= 0.3 is 47.8 Å². The minimum absolute atomic E-state index is 0.0289. The van der Waals surface area contributed by atoms with Crippen LogP contribution in [0.5, 0.6) is 0 Å². The summed E-state index contributed by atoms with van der Waals surface area (Å²) in [6, 6.07) is 7.54. The van der Waals surface area contributed by atoms with E-state index in [4.69, 9.17) is 52.1 Å². The highest BCUT2D eigenvalue weighted by Crippen LogP contribution is 2.36. The van der Waals surface area contributed by atoms with Crippen LogP contribution in [0.2, 0.25) is 0 Å². The molecule has 0 radical (unpaired) electrons. The molecule has 2 aliphatic heterocycles. The molecule has 0 amide bonds. The fraction of sp³-hybridized carbons (Fsp3) is 0.576. The molecule has 0 saturated carbocycles. The number of hydrogen-bond acceptors (Lipinski definition) is 19. The maximum Gasteiger partial charge on any atom is 0.338 e. The van der Waals surface area contributed by atoms with E-state index in [1.165, 1.54) is 12.1 Å². The van der Waals surface area contributed by atoms with Crippen LogP contribution < -0.4 is 0 Å². The average Bonchev–Trinajstić information content (AvgIpc) is 3.03. The quantitative estimate of drug-likeness (QED) is 0.197. The van der Waals surface area contributed by atoms with Gasteiger partial charge in [-0.15, -0.1) is 0 Å². The number of benzene rings is 1. The first-order valence-corrected chi connectivity index (χ1v) is 15.8. The van der Waals surface area contributed by atoms with Gasteiger partial charge in [0.15, 0.2) is 36.8 Å². The highest BCUT2D eigenvalue weighted by Gasteiger charge is 2.58. The first kappa shape index (κ1) is 41.3. The molecule has 0 bridgehead atoms. The van der Waals surface area contributed by atoms with Gasteiger partial charge in [0, 0.05) is 48.5 Å². The summed E-state index contributed by atoms with van der Waals surface area (Å²) in [6.07, 6.45) is -16.9. The molecular weight excluding hydrogens is 700 g/mol. The second-order valence-corrected chi connectivity index (χ2v) is 11.4. The summed E-state index contributed by atoms with van der Waals surface area (Å²) in [7, 11) is 0. The van der Waals surface area contributed by atoms with Crippen LogP contribution in [0.25, 0.3) is 0 Å². The number of rotatable bonds is 13. The molecule has 2 saturated heterocycles. The van der Waals surface area contributed by atoms with Crippen molar-refractivity contribution in [1.29, 1.82) is 0 Å². The van der Waals surface area contributed by atoms with Gasteiger partial charge in [0.1, 0.15) is 31.5 Å². The van der Waals surface area contributed by atoms with Crippen molar-refractivity contribution >= 4 is 47.8 Å². The van der Waals surface area contributed by atoms with Gasteiger partial charge in [-0.05, 0) is 12.1 Å². The van der Waals surface area contributed by atoms with E-state index in [0.717, 1.165) is 48.5 Å². The zero-order chi connectivity index (χ0) is 38.7.